The highest BCUT2D eigenvalue weighted by Gasteiger charge is 2.35. The van der Waals surface area contributed by atoms with Crippen LogP contribution in [0.25, 0.3) is 0 Å². The largest absolute Gasteiger partial charge is 0.405 e. The van der Waals surface area contributed by atoms with Crippen LogP contribution < -0.4 is 10.6 Å². The monoisotopic (exact) mass is 377 g/mol. The van der Waals surface area contributed by atoms with E-state index in [2.05, 4.69) is 0 Å². The minimum absolute atomic E-state index is 0.101. The number of carbonyl (C=O) groups excluding carboxylic acids is 2. The summed E-state index contributed by atoms with van der Waals surface area (Å²) < 4.78 is 36.2. The van der Waals surface area contributed by atoms with Gasteiger partial charge in [-0.3, -0.25) is 15.0 Å². The average molecular weight is 378 g/mol. The quantitative estimate of drug-likeness (QED) is 0.800. The fourth-order valence-electron chi connectivity index (χ4n) is 2.54. The Labute approximate surface area is 148 Å². The number of rotatable bonds is 6. The molecule has 2 rings (SSSR count). The van der Waals surface area contributed by atoms with Crippen LogP contribution in [0.4, 0.5) is 18.0 Å². The lowest BCUT2D eigenvalue weighted by Gasteiger charge is -2.29. The normalized spacial score (nSPS) is 15.8. The molecule has 3 amide bonds. The predicted octanol–water partition coefficient (Wildman–Crippen LogP) is 3.25. The molecule has 1 aliphatic carbocycles. The molecule has 0 aromatic heterocycles. The van der Waals surface area contributed by atoms with Crippen molar-refractivity contribution in [1.29, 1.82) is 0 Å². The van der Waals surface area contributed by atoms with Crippen molar-refractivity contribution in [2.75, 3.05) is 13.1 Å². The molecule has 9 heteroatoms. The third-order valence-corrected chi connectivity index (χ3v) is 4.24. The summed E-state index contributed by atoms with van der Waals surface area (Å²) in [5.41, 5.74) is 0.852. The van der Waals surface area contributed by atoms with E-state index in [-0.39, 0.29) is 18.6 Å². The van der Waals surface area contributed by atoms with E-state index in [0.29, 0.717) is 5.02 Å². The van der Waals surface area contributed by atoms with E-state index in [9.17, 15) is 22.8 Å². The summed E-state index contributed by atoms with van der Waals surface area (Å²) in [6.45, 7) is 0.307. The van der Waals surface area contributed by atoms with Gasteiger partial charge in [0.05, 0.1) is 6.54 Å². The lowest BCUT2D eigenvalue weighted by Crippen LogP contribution is -2.47. The molecule has 0 saturated heterocycles. The second-order valence-corrected chi connectivity index (χ2v) is 6.35. The SMILES string of the molecule is C[C@H](c1ccccc1Cl)N(CC(=O)NC(=O)NCC(F)(F)F)C1CC1. The van der Waals surface area contributed by atoms with Gasteiger partial charge >= 0.3 is 12.2 Å². The Hall–Kier alpha value is -1.80. The van der Waals surface area contributed by atoms with Gasteiger partial charge in [0.2, 0.25) is 5.91 Å². The van der Waals surface area contributed by atoms with Gasteiger partial charge in [0, 0.05) is 17.1 Å². The van der Waals surface area contributed by atoms with E-state index < -0.39 is 24.7 Å². The lowest BCUT2D eigenvalue weighted by molar-refractivity contribution is -0.125. The lowest BCUT2D eigenvalue weighted by atomic mass is 10.1. The molecule has 0 bridgehead atoms. The molecule has 0 spiro atoms. The van der Waals surface area contributed by atoms with Gasteiger partial charge in [-0.05, 0) is 31.4 Å². The topological polar surface area (TPSA) is 61.4 Å². The van der Waals surface area contributed by atoms with Crippen molar-refractivity contribution in [2.24, 2.45) is 0 Å². The van der Waals surface area contributed by atoms with Crippen molar-refractivity contribution in [1.82, 2.24) is 15.5 Å². The van der Waals surface area contributed by atoms with Crippen LogP contribution in [-0.2, 0) is 4.79 Å². The summed E-state index contributed by atoms with van der Waals surface area (Å²) in [7, 11) is 0. The molecule has 2 N–H and O–H groups in total. The van der Waals surface area contributed by atoms with E-state index in [1.807, 2.05) is 29.3 Å². The first-order chi connectivity index (χ1) is 11.7. The molecule has 1 saturated carbocycles. The standard InChI is InChI=1S/C16H19ClF3N3O2/c1-10(12-4-2-3-5-13(12)17)23(11-6-7-11)8-14(24)22-15(25)21-9-16(18,19)20/h2-5,10-11H,6-9H2,1H3,(H2,21,22,24,25)/t10-/m1/s1. The minimum Gasteiger partial charge on any atom is -0.329 e. The minimum atomic E-state index is -4.53. The van der Waals surface area contributed by atoms with E-state index in [1.165, 1.54) is 0 Å². The van der Waals surface area contributed by atoms with Crippen LogP contribution in [0.3, 0.4) is 0 Å². The molecule has 0 heterocycles. The number of halogens is 4. The van der Waals surface area contributed by atoms with Crippen molar-refractivity contribution < 1.29 is 22.8 Å². The second kappa shape index (κ2) is 8.05. The smallest absolute Gasteiger partial charge is 0.329 e. The van der Waals surface area contributed by atoms with Gasteiger partial charge in [-0.15, -0.1) is 0 Å². The van der Waals surface area contributed by atoms with E-state index in [0.717, 1.165) is 18.4 Å². The summed E-state index contributed by atoms with van der Waals surface area (Å²) >= 11 is 6.20. The van der Waals surface area contributed by atoms with Crippen LogP contribution in [0.5, 0.6) is 0 Å². The number of alkyl halides is 3. The third-order valence-electron chi connectivity index (χ3n) is 3.90. The van der Waals surface area contributed by atoms with E-state index >= 15 is 0 Å². The molecule has 1 atom stereocenters. The maximum atomic E-state index is 12.1. The van der Waals surface area contributed by atoms with Gasteiger partial charge in [-0.1, -0.05) is 29.8 Å². The maximum absolute atomic E-state index is 12.1. The van der Waals surface area contributed by atoms with Gasteiger partial charge in [0.1, 0.15) is 6.54 Å². The van der Waals surface area contributed by atoms with Gasteiger partial charge in [0.25, 0.3) is 0 Å². The van der Waals surface area contributed by atoms with Crippen molar-refractivity contribution in [2.45, 2.75) is 38.0 Å². The molecule has 1 aromatic rings. The Morgan fingerprint density at radius 3 is 2.52 bits per heavy atom. The van der Waals surface area contributed by atoms with Crippen molar-refractivity contribution in [3.63, 3.8) is 0 Å². The van der Waals surface area contributed by atoms with E-state index in [4.69, 9.17) is 11.6 Å². The number of benzene rings is 1. The van der Waals surface area contributed by atoms with Crippen molar-refractivity contribution in [3.8, 4) is 0 Å². The van der Waals surface area contributed by atoms with Crippen LogP contribution in [0.1, 0.15) is 31.4 Å². The Kier molecular flexibility index (Phi) is 6.29. The number of hydrogen-bond acceptors (Lipinski definition) is 3. The first-order valence-corrected chi connectivity index (χ1v) is 8.20. The number of urea groups is 1. The second-order valence-electron chi connectivity index (χ2n) is 5.95. The third kappa shape index (κ3) is 6.21. The number of imide groups is 1. The molecule has 0 unspecified atom stereocenters. The molecule has 0 aliphatic heterocycles. The van der Waals surface area contributed by atoms with Crippen LogP contribution in [0.2, 0.25) is 5.02 Å². The zero-order valence-electron chi connectivity index (χ0n) is 13.6. The van der Waals surface area contributed by atoms with Gasteiger partial charge < -0.3 is 5.32 Å². The zero-order chi connectivity index (χ0) is 18.6. The average Bonchev–Trinajstić information content (AvgIpc) is 3.34. The van der Waals surface area contributed by atoms with Crippen molar-refractivity contribution in [3.05, 3.63) is 34.9 Å². The highest BCUT2D eigenvalue weighted by molar-refractivity contribution is 6.31. The van der Waals surface area contributed by atoms with Crippen LogP contribution in [0.15, 0.2) is 24.3 Å². The highest BCUT2D eigenvalue weighted by atomic mass is 35.5. The van der Waals surface area contributed by atoms with Gasteiger partial charge in [-0.25, -0.2) is 4.79 Å². The number of nitrogens with zero attached hydrogens (tertiary/aromatic N) is 1. The Balaban J connectivity index is 1.94. The first-order valence-electron chi connectivity index (χ1n) is 7.82. The predicted molar refractivity (Wildman–Crippen MR) is 87.2 cm³/mol. The zero-order valence-corrected chi connectivity index (χ0v) is 14.3. The molecule has 138 valence electrons. The summed E-state index contributed by atoms with van der Waals surface area (Å²) in [5.74, 6) is -0.662. The number of carbonyl (C=O) groups is 2. The Morgan fingerprint density at radius 1 is 1.32 bits per heavy atom. The summed E-state index contributed by atoms with van der Waals surface area (Å²) in [4.78, 5) is 25.3. The number of hydrogen-bond donors (Lipinski definition) is 2. The van der Waals surface area contributed by atoms with Gasteiger partial charge in [-0.2, -0.15) is 13.2 Å². The molecule has 1 aromatic carbocycles. The Morgan fingerprint density at radius 2 is 1.96 bits per heavy atom. The fourth-order valence-corrected chi connectivity index (χ4v) is 2.83. The van der Waals surface area contributed by atoms with Gasteiger partial charge in [0.15, 0.2) is 0 Å². The first kappa shape index (κ1) is 19.5. The molecule has 1 aliphatic rings. The summed E-state index contributed by atoms with van der Waals surface area (Å²) in [5, 5.41) is 4.10. The fraction of sp³-hybridized carbons (Fsp3) is 0.500. The summed E-state index contributed by atoms with van der Waals surface area (Å²) in [6.07, 6.45) is -2.69. The highest BCUT2D eigenvalue weighted by Crippen LogP contribution is 2.36. The molecular weight excluding hydrogens is 359 g/mol. The molecule has 25 heavy (non-hydrogen) atoms. The molecule has 0 radical (unpaired) electrons. The molecule has 5 nitrogen and oxygen atoms in total. The number of amides is 3. The molecule has 1 fully saturated rings. The number of nitrogens with one attached hydrogen (secondary N) is 2. The van der Waals surface area contributed by atoms with Crippen LogP contribution in [-0.4, -0.2) is 42.1 Å². The maximum Gasteiger partial charge on any atom is 0.405 e. The Bertz CT molecular complexity index is 635. The van der Waals surface area contributed by atoms with Crippen LogP contribution in [0, 0.1) is 0 Å². The van der Waals surface area contributed by atoms with E-state index in [1.54, 1.807) is 17.4 Å². The van der Waals surface area contributed by atoms with Crippen LogP contribution >= 0.6 is 11.6 Å². The summed E-state index contributed by atoms with van der Waals surface area (Å²) in [6, 6.07) is 6.12. The van der Waals surface area contributed by atoms with Crippen molar-refractivity contribution >= 4 is 23.5 Å². The molecular formula is C16H19ClF3N3O2.